The number of carbonyl (C=O) groups excluding carboxylic acids is 1. The van der Waals surface area contributed by atoms with E-state index in [0.29, 0.717) is 26.1 Å². The lowest BCUT2D eigenvalue weighted by molar-refractivity contribution is -0.123. The van der Waals surface area contributed by atoms with E-state index in [1.54, 1.807) is 18.2 Å². The highest BCUT2D eigenvalue weighted by molar-refractivity contribution is 7.92. The Kier molecular flexibility index (Phi) is 4.60. The van der Waals surface area contributed by atoms with Crippen LogP contribution in [0.4, 0.5) is 0 Å². The molecular formula is C15H20O4S. The maximum Gasteiger partial charge on any atom is 0.185 e. The van der Waals surface area contributed by atoms with E-state index in [-0.39, 0.29) is 16.6 Å². The van der Waals surface area contributed by atoms with Gasteiger partial charge in [0.1, 0.15) is 5.75 Å². The number of Topliss-reactive ketones (excluding diaryl/α,β-unsaturated/α-hetero) is 1. The smallest absolute Gasteiger partial charge is 0.185 e. The predicted octanol–water partition coefficient (Wildman–Crippen LogP) is 2.07. The molecule has 1 aliphatic rings. The normalized spacial score (nSPS) is 17.1. The number of ketones is 1. The van der Waals surface area contributed by atoms with Crippen LogP contribution in [-0.4, -0.2) is 33.2 Å². The lowest BCUT2D eigenvalue weighted by atomic mass is 9.96. The Morgan fingerprint density at radius 2 is 1.85 bits per heavy atom. The average Bonchev–Trinajstić information content (AvgIpc) is 2.42. The Bertz CT molecular complexity index is 598. The van der Waals surface area contributed by atoms with Gasteiger partial charge in [-0.15, -0.1) is 0 Å². The first-order chi connectivity index (χ1) is 9.40. The lowest BCUT2D eigenvalue weighted by Gasteiger charge is -2.20. The van der Waals surface area contributed by atoms with Gasteiger partial charge < -0.3 is 4.74 Å². The van der Waals surface area contributed by atoms with Crippen molar-refractivity contribution in [2.75, 3.05) is 19.0 Å². The van der Waals surface area contributed by atoms with Crippen molar-refractivity contribution in [1.82, 2.24) is 0 Å². The average molecular weight is 296 g/mol. The molecule has 1 aliphatic heterocycles. The minimum absolute atomic E-state index is 0.176. The number of ether oxygens (including phenoxy) is 1. The third-order valence-corrected chi connectivity index (χ3v) is 5.48. The lowest BCUT2D eigenvalue weighted by Crippen LogP contribution is -2.28. The molecule has 0 amide bonds. The summed E-state index contributed by atoms with van der Waals surface area (Å²) < 4.78 is 29.8. The molecule has 2 rings (SSSR count). The van der Waals surface area contributed by atoms with Gasteiger partial charge in [-0.1, -0.05) is 6.07 Å². The van der Waals surface area contributed by atoms with E-state index < -0.39 is 15.6 Å². The summed E-state index contributed by atoms with van der Waals surface area (Å²) in [7, 11) is -3.54. The summed E-state index contributed by atoms with van der Waals surface area (Å²) in [5, 5.41) is 0. The highest BCUT2D eigenvalue weighted by atomic mass is 32.2. The SMILES string of the molecule is Cc1ccc(S(=O)(=O)CC(=O)C2CCOCC2)cc1C. The van der Waals surface area contributed by atoms with Crippen molar-refractivity contribution < 1.29 is 17.9 Å². The molecule has 1 heterocycles. The second-order valence-electron chi connectivity index (χ2n) is 5.36. The molecule has 0 radical (unpaired) electrons. The number of hydrogen-bond donors (Lipinski definition) is 0. The quantitative estimate of drug-likeness (QED) is 0.853. The molecule has 5 heteroatoms. The van der Waals surface area contributed by atoms with Crippen molar-refractivity contribution in [3.05, 3.63) is 29.3 Å². The molecule has 0 aromatic heterocycles. The van der Waals surface area contributed by atoms with E-state index in [4.69, 9.17) is 4.74 Å². The van der Waals surface area contributed by atoms with Gasteiger partial charge in [-0.05, 0) is 49.9 Å². The zero-order chi connectivity index (χ0) is 14.8. The summed E-state index contributed by atoms with van der Waals surface area (Å²) in [5.41, 5.74) is 1.96. The number of hydrogen-bond acceptors (Lipinski definition) is 4. The van der Waals surface area contributed by atoms with Crippen LogP contribution in [0.25, 0.3) is 0 Å². The zero-order valence-corrected chi connectivity index (χ0v) is 12.7. The highest BCUT2D eigenvalue weighted by Crippen LogP contribution is 2.20. The Morgan fingerprint density at radius 3 is 2.45 bits per heavy atom. The molecule has 1 aromatic rings. The Labute approximate surface area is 120 Å². The molecular weight excluding hydrogens is 276 g/mol. The first kappa shape index (κ1) is 15.2. The van der Waals surface area contributed by atoms with Gasteiger partial charge in [0.05, 0.1) is 4.90 Å². The molecule has 1 aromatic carbocycles. The topological polar surface area (TPSA) is 60.4 Å². The summed E-state index contributed by atoms with van der Waals surface area (Å²) in [5.74, 6) is -0.767. The minimum Gasteiger partial charge on any atom is -0.381 e. The van der Waals surface area contributed by atoms with E-state index in [2.05, 4.69) is 0 Å². The molecule has 0 aliphatic carbocycles. The largest absolute Gasteiger partial charge is 0.381 e. The number of rotatable bonds is 4. The Morgan fingerprint density at radius 1 is 1.20 bits per heavy atom. The van der Waals surface area contributed by atoms with Crippen LogP contribution in [-0.2, 0) is 19.4 Å². The van der Waals surface area contributed by atoms with Crippen LogP contribution in [0.3, 0.4) is 0 Å². The number of aryl methyl sites for hydroxylation is 2. The second-order valence-corrected chi connectivity index (χ2v) is 7.35. The summed E-state index contributed by atoms with van der Waals surface area (Å²) in [6.07, 6.45) is 1.25. The number of carbonyl (C=O) groups is 1. The van der Waals surface area contributed by atoms with Crippen molar-refractivity contribution in [2.24, 2.45) is 5.92 Å². The van der Waals surface area contributed by atoms with Crippen LogP contribution in [0.2, 0.25) is 0 Å². The van der Waals surface area contributed by atoms with Gasteiger partial charge in [-0.25, -0.2) is 8.42 Å². The summed E-state index contributed by atoms with van der Waals surface area (Å²) in [6, 6.07) is 5.00. The molecule has 0 N–H and O–H groups in total. The van der Waals surface area contributed by atoms with Crippen molar-refractivity contribution in [2.45, 2.75) is 31.6 Å². The fraction of sp³-hybridized carbons (Fsp3) is 0.533. The molecule has 0 saturated carbocycles. The molecule has 0 atom stereocenters. The molecule has 20 heavy (non-hydrogen) atoms. The predicted molar refractivity (Wildman–Crippen MR) is 76.5 cm³/mol. The monoisotopic (exact) mass is 296 g/mol. The maximum atomic E-state index is 12.3. The molecule has 0 unspecified atom stereocenters. The van der Waals surface area contributed by atoms with Gasteiger partial charge >= 0.3 is 0 Å². The fourth-order valence-corrected chi connectivity index (χ4v) is 3.72. The van der Waals surface area contributed by atoms with Gasteiger partial charge in [-0.2, -0.15) is 0 Å². The first-order valence-corrected chi connectivity index (χ1v) is 8.46. The van der Waals surface area contributed by atoms with Crippen LogP contribution in [0.15, 0.2) is 23.1 Å². The van der Waals surface area contributed by atoms with E-state index in [1.807, 2.05) is 13.8 Å². The summed E-state index contributed by atoms with van der Waals surface area (Å²) >= 11 is 0. The minimum atomic E-state index is -3.54. The van der Waals surface area contributed by atoms with Crippen LogP contribution < -0.4 is 0 Å². The van der Waals surface area contributed by atoms with Crippen LogP contribution >= 0.6 is 0 Å². The van der Waals surface area contributed by atoms with Crippen LogP contribution in [0.5, 0.6) is 0 Å². The molecule has 1 fully saturated rings. The summed E-state index contributed by atoms with van der Waals surface area (Å²) in [4.78, 5) is 12.3. The van der Waals surface area contributed by atoms with Crippen LogP contribution in [0, 0.1) is 19.8 Å². The van der Waals surface area contributed by atoms with Gasteiger partial charge in [0.2, 0.25) is 0 Å². The molecule has 0 bridgehead atoms. The third-order valence-electron chi connectivity index (χ3n) is 3.85. The molecule has 4 nitrogen and oxygen atoms in total. The van der Waals surface area contributed by atoms with Crippen molar-refractivity contribution in [3.63, 3.8) is 0 Å². The summed E-state index contributed by atoms with van der Waals surface area (Å²) in [6.45, 7) is 4.88. The number of benzene rings is 1. The zero-order valence-electron chi connectivity index (χ0n) is 11.9. The van der Waals surface area contributed by atoms with Gasteiger partial charge in [0, 0.05) is 19.1 Å². The molecule has 0 spiro atoms. The van der Waals surface area contributed by atoms with Crippen molar-refractivity contribution >= 4 is 15.6 Å². The van der Waals surface area contributed by atoms with E-state index in [1.165, 1.54) is 0 Å². The van der Waals surface area contributed by atoms with E-state index in [0.717, 1.165) is 11.1 Å². The van der Waals surface area contributed by atoms with Gasteiger partial charge in [-0.3, -0.25) is 4.79 Å². The number of sulfone groups is 1. The van der Waals surface area contributed by atoms with Crippen molar-refractivity contribution in [1.29, 1.82) is 0 Å². The first-order valence-electron chi connectivity index (χ1n) is 6.80. The molecule has 1 saturated heterocycles. The Balaban J connectivity index is 2.13. The second kappa shape index (κ2) is 6.06. The molecule has 110 valence electrons. The van der Waals surface area contributed by atoms with Crippen LogP contribution in [0.1, 0.15) is 24.0 Å². The maximum absolute atomic E-state index is 12.3. The van der Waals surface area contributed by atoms with E-state index in [9.17, 15) is 13.2 Å². The van der Waals surface area contributed by atoms with Gasteiger partial charge in [0.25, 0.3) is 0 Å². The van der Waals surface area contributed by atoms with E-state index >= 15 is 0 Å². The Hall–Kier alpha value is -1.20. The standard InChI is InChI=1S/C15H20O4S/c1-11-3-4-14(9-12(11)2)20(17,18)10-15(16)13-5-7-19-8-6-13/h3-4,9,13H,5-8,10H2,1-2H3. The van der Waals surface area contributed by atoms with Crippen molar-refractivity contribution in [3.8, 4) is 0 Å². The van der Waals surface area contributed by atoms with Gasteiger partial charge in [0.15, 0.2) is 15.6 Å². The fourth-order valence-electron chi connectivity index (χ4n) is 2.32. The third kappa shape index (κ3) is 3.46. The highest BCUT2D eigenvalue weighted by Gasteiger charge is 2.27.